The zero-order valence-corrected chi connectivity index (χ0v) is 8.80. The van der Waals surface area contributed by atoms with Crippen molar-refractivity contribution in [2.75, 3.05) is 13.1 Å². The van der Waals surface area contributed by atoms with Crippen LogP contribution >= 0.6 is 0 Å². The first-order chi connectivity index (χ1) is 7.65. The first-order valence-corrected chi connectivity index (χ1v) is 5.35. The Bertz CT molecular complexity index is 382. The number of halogens is 2. The first-order valence-electron chi connectivity index (χ1n) is 5.35. The fraction of sp³-hybridized carbons (Fsp3) is 0.417. The minimum Gasteiger partial charge on any atom is -0.309 e. The molecule has 1 aliphatic carbocycles. The topological polar surface area (TPSA) is 29.1 Å². The van der Waals surface area contributed by atoms with Gasteiger partial charge in [-0.25, -0.2) is 8.78 Å². The molecular formula is C12H13F2NO. The van der Waals surface area contributed by atoms with E-state index in [2.05, 4.69) is 5.32 Å². The third-order valence-corrected chi connectivity index (χ3v) is 2.60. The third kappa shape index (κ3) is 3.10. The van der Waals surface area contributed by atoms with E-state index in [4.69, 9.17) is 0 Å². The molecule has 1 fully saturated rings. The Morgan fingerprint density at radius 1 is 1.25 bits per heavy atom. The number of carbonyl (C=O) groups is 1. The Morgan fingerprint density at radius 2 is 1.88 bits per heavy atom. The summed E-state index contributed by atoms with van der Waals surface area (Å²) in [6, 6.07) is 2.88. The average Bonchev–Trinajstić information content (AvgIpc) is 3.00. The lowest BCUT2D eigenvalue weighted by molar-refractivity contribution is 0.0990. The van der Waals surface area contributed by atoms with Gasteiger partial charge in [-0.15, -0.1) is 0 Å². The molecule has 4 heteroatoms. The van der Waals surface area contributed by atoms with E-state index in [-0.39, 0.29) is 17.9 Å². The van der Waals surface area contributed by atoms with Crippen molar-refractivity contribution in [1.82, 2.24) is 5.32 Å². The van der Waals surface area contributed by atoms with Gasteiger partial charge in [0.15, 0.2) is 5.78 Å². The quantitative estimate of drug-likeness (QED) is 0.778. The molecule has 1 aliphatic rings. The zero-order valence-electron chi connectivity index (χ0n) is 8.80. The van der Waals surface area contributed by atoms with E-state index < -0.39 is 11.6 Å². The van der Waals surface area contributed by atoms with E-state index >= 15 is 0 Å². The highest BCUT2D eigenvalue weighted by atomic mass is 19.1. The molecule has 0 saturated heterocycles. The van der Waals surface area contributed by atoms with Gasteiger partial charge < -0.3 is 5.32 Å². The molecule has 16 heavy (non-hydrogen) atoms. The molecular weight excluding hydrogens is 212 g/mol. The molecule has 1 aromatic rings. The van der Waals surface area contributed by atoms with Gasteiger partial charge in [0.05, 0.1) is 6.54 Å². The van der Waals surface area contributed by atoms with Crippen LogP contribution in [0.3, 0.4) is 0 Å². The maximum atomic E-state index is 12.8. The number of ketones is 1. The lowest BCUT2D eigenvalue weighted by Gasteiger charge is -2.03. The van der Waals surface area contributed by atoms with Crippen LogP contribution < -0.4 is 5.32 Å². The fourth-order valence-corrected chi connectivity index (χ4v) is 1.53. The van der Waals surface area contributed by atoms with E-state index in [1.54, 1.807) is 0 Å². The Labute approximate surface area is 92.7 Å². The number of rotatable bonds is 5. The molecule has 0 heterocycles. The third-order valence-electron chi connectivity index (χ3n) is 2.60. The highest BCUT2D eigenvalue weighted by Gasteiger charge is 2.20. The average molecular weight is 225 g/mol. The minimum atomic E-state index is -0.717. The molecule has 0 amide bonds. The van der Waals surface area contributed by atoms with E-state index in [1.165, 1.54) is 12.8 Å². The van der Waals surface area contributed by atoms with Crippen LogP contribution in [-0.4, -0.2) is 18.9 Å². The second-order valence-electron chi connectivity index (χ2n) is 4.16. The molecule has 0 aliphatic heterocycles. The van der Waals surface area contributed by atoms with Gasteiger partial charge in [0, 0.05) is 11.6 Å². The van der Waals surface area contributed by atoms with Gasteiger partial charge in [-0.3, -0.25) is 4.79 Å². The summed E-state index contributed by atoms with van der Waals surface area (Å²) in [5.41, 5.74) is 0.0841. The van der Waals surface area contributed by atoms with Crippen molar-refractivity contribution in [2.24, 2.45) is 5.92 Å². The van der Waals surface area contributed by atoms with Crippen LogP contribution in [-0.2, 0) is 0 Å². The summed E-state index contributed by atoms with van der Waals surface area (Å²) < 4.78 is 25.7. The lowest BCUT2D eigenvalue weighted by Crippen LogP contribution is -2.25. The van der Waals surface area contributed by atoms with Crippen molar-refractivity contribution in [3.8, 4) is 0 Å². The van der Waals surface area contributed by atoms with Crippen molar-refractivity contribution < 1.29 is 13.6 Å². The van der Waals surface area contributed by atoms with Gasteiger partial charge in [0.1, 0.15) is 11.6 Å². The monoisotopic (exact) mass is 225 g/mol. The molecule has 0 atom stereocenters. The first kappa shape index (κ1) is 11.2. The smallest absolute Gasteiger partial charge is 0.176 e. The van der Waals surface area contributed by atoms with Crippen molar-refractivity contribution in [2.45, 2.75) is 12.8 Å². The SMILES string of the molecule is O=C(CNCC1CC1)c1cc(F)cc(F)c1. The van der Waals surface area contributed by atoms with Gasteiger partial charge in [0.25, 0.3) is 0 Å². The van der Waals surface area contributed by atoms with E-state index in [9.17, 15) is 13.6 Å². The fourth-order valence-electron chi connectivity index (χ4n) is 1.53. The van der Waals surface area contributed by atoms with Gasteiger partial charge in [-0.2, -0.15) is 0 Å². The number of nitrogens with one attached hydrogen (secondary N) is 1. The number of hydrogen-bond acceptors (Lipinski definition) is 2. The molecule has 0 aromatic heterocycles. The number of Topliss-reactive ketones (excluding diaryl/α,β-unsaturated/α-hetero) is 1. The molecule has 1 saturated carbocycles. The predicted molar refractivity (Wildman–Crippen MR) is 56.3 cm³/mol. The van der Waals surface area contributed by atoms with Crippen LogP contribution in [0.5, 0.6) is 0 Å². The van der Waals surface area contributed by atoms with E-state index in [1.807, 2.05) is 0 Å². The van der Waals surface area contributed by atoms with Crippen molar-refractivity contribution in [3.05, 3.63) is 35.4 Å². The molecule has 0 spiro atoms. The van der Waals surface area contributed by atoms with Crippen LogP contribution in [0.15, 0.2) is 18.2 Å². The lowest BCUT2D eigenvalue weighted by atomic mass is 10.1. The number of hydrogen-bond donors (Lipinski definition) is 1. The van der Waals surface area contributed by atoms with Crippen LogP contribution in [0.25, 0.3) is 0 Å². The van der Waals surface area contributed by atoms with Gasteiger partial charge in [-0.05, 0) is 37.4 Å². The van der Waals surface area contributed by atoms with Crippen LogP contribution in [0.4, 0.5) is 8.78 Å². The molecule has 0 bridgehead atoms. The van der Waals surface area contributed by atoms with Crippen molar-refractivity contribution in [1.29, 1.82) is 0 Å². The summed E-state index contributed by atoms with van der Waals surface area (Å²) in [6.45, 7) is 0.947. The van der Waals surface area contributed by atoms with E-state index in [0.717, 1.165) is 24.7 Å². The summed E-state index contributed by atoms with van der Waals surface area (Å²) in [6.07, 6.45) is 2.41. The van der Waals surface area contributed by atoms with Crippen molar-refractivity contribution in [3.63, 3.8) is 0 Å². The van der Waals surface area contributed by atoms with Crippen LogP contribution in [0.2, 0.25) is 0 Å². The maximum Gasteiger partial charge on any atom is 0.176 e. The standard InChI is InChI=1S/C12H13F2NO/c13-10-3-9(4-11(14)5-10)12(16)7-15-6-8-1-2-8/h3-5,8,15H,1-2,6-7H2. The van der Waals surface area contributed by atoms with Gasteiger partial charge in [-0.1, -0.05) is 0 Å². The molecule has 2 rings (SSSR count). The highest BCUT2D eigenvalue weighted by molar-refractivity contribution is 5.97. The predicted octanol–water partition coefficient (Wildman–Crippen LogP) is 2.15. The summed E-state index contributed by atoms with van der Waals surface area (Å²) >= 11 is 0. The molecule has 0 radical (unpaired) electrons. The Hall–Kier alpha value is -1.29. The summed E-state index contributed by atoms with van der Waals surface area (Å²) in [7, 11) is 0. The molecule has 1 N–H and O–H groups in total. The Balaban J connectivity index is 1.91. The summed E-state index contributed by atoms with van der Waals surface area (Å²) in [5, 5.41) is 2.99. The van der Waals surface area contributed by atoms with Crippen molar-refractivity contribution >= 4 is 5.78 Å². The normalized spacial score (nSPS) is 15.1. The van der Waals surface area contributed by atoms with Gasteiger partial charge >= 0.3 is 0 Å². The summed E-state index contributed by atoms with van der Waals surface area (Å²) in [5.74, 6) is -1.04. The van der Waals surface area contributed by atoms with Crippen LogP contribution in [0, 0.1) is 17.6 Å². The number of benzene rings is 1. The maximum absolute atomic E-state index is 12.8. The number of carbonyl (C=O) groups excluding carboxylic acids is 1. The zero-order chi connectivity index (χ0) is 11.5. The molecule has 2 nitrogen and oxygen atoms in total. The minimum absolute atomic E-state index is 0.0841. The van der Waals surface area contributed by atoms with Gasteiger partial charge in [0.2, 0.25) is 0 Å². The largest absolute Gasteiger partial charge is 0.309 e. The molecule has 0 unspecified atom stereocenters. The second kappa shape index (κ2) is 4.70. The summed E-state index contributed by atoms with van der Waals surface area (Å²) in [4.78, 5) is 11.6. The Kier molecular flexibility index (Phi) is 3.29. The molecule has 86 valence electrons. The highest BCUT2D eigenvalue weighted by Crippen LogP contribution is 2.27. The second-order valence-corrected chi connectivity index (χ2v) is 4.16. The van der Waals surface area contributed by atoms with Crippen LogP contribution in [0.1, 0.15) is 23.2 Å². The van der Waals surface area contributed by atoms with E-state index in [0.29, 0.717) is 5.92 Å². The Morgan fingerprint density at radius 3 is 2.44 bits per heavy atom. The molecule has 1 aromatic carbocycles.